The van der Waals surface area contributed by atoms with Crippen LogP contribution in [0.15, 0.2) is 45.0 Å². The highest BCUT2D eigenvalue weighted by atomic mass is 79.9. The van der Waals surface area contributed by atoms with Crippen LogP contribution in [0.4, 0.5) is 0 Å². The molecule has 0 fully saturated rings. The monoisotopic (exact) mass is 362 g/mol. The molecule has 4 nitrogen and oxygen atoms in total. The minimum Gasteiger partial charge on any atom is -0.493 e. The lowest BCUT2D eigenvalue weighted by Crippen LogP contribution is -2.11. The third-order valence-electron chi connectivity index (χ3n) is 3.07. The summed E-state index contributed by atoms with van der Waals surface area (Å²) in [6, 6.07) is 9.23. The lowest BCUT2D eigenvalue weighted by molar-refractivity contribution is 0.454. The molecule has 0 unspecified atom stereocenters. The molecule has 2 aromatic heterocycles. The predicted molar refractivity (Wildman–Crippen MR) is 87.7 cm³/mol. The minimum absolute atomic E-state index is 0.187. The van der Waals surface area contributed by atoms with Gasteiger partial charge in [0.05, 0.1) is 4.88 Å². The van der Waals surface area contributed by atoms with Crippen molar-refractivity contribution in [2.24, 2.45) is 0 Å². The highest BCUT2D eigenvalue weighted by molar-refractivity contribution is 9.10. The van der Waals surface area contributed by atoms with E-state index in [0.717, 1.165) is 14.9 Å². The molecule has 106 valence electrons. The number of aryl methyl sites for hydroxylation is 1. The summed E-state index contributed by atoms with van der Waals surface area (Å²) in [7, 11) is 0. The zero-order chi connectivity index (χ0) is 15.0. The lowest BCUT2D eigenvalue weighted by Gasteiger charge is -2.06. The third kappa shape index (κ3) is 2.64. The number of hydrogen-bond donors (Lipinski definition) is 2. The van der Waals surface area contributed by atoms with Crippen molar-refractivity contribution in [1.82, 2.24) is 9.97 Å². The van der Waals surface area contributed by atoms with E-state index in [2.05, 4.69) is 25.9 Å². The zero-order valence-corrected chi connectivity index (χ0v) is 13.5. The van der Waals surface area contributed by atoms with Crippen LogP contribution in [-0.2, 0) is 0 Å². The minimum atomic E-state index is -0.360. The van der Waals surface area contributed by atoms with E-state index in [-0.39, 0.29) is 17.0 Å². The fourth-order valence-corrected chi connectivity index (χ4v) is 3.52. The summed E-state index contributed by atoms with van der Waals surface area (Å²) in [6.07, 6.45) is 0. The quantitative estimate of drug-likeness (QED) is 0.725. The molecule has 1 aromatic carbocycles. The van der Waals surface area contributed by atoms with Gasteiger partial charge in [0, 0.05) is 4.47 Å². The molecule has 3 aromatic rings. The average molecular weight is 363 g/mol. The fourth-order valence-electron chi connectivity index (χ4n) is 2.01. The number of thiophene rings is 1. The molecule has 0 aliphatic rings. The number of aromatic nitrogens is 2. The van der Waals surface area contributed by atoms with Gasteiger partial charge in [-0.15, -0.1) is 11.3 Å². The number of H-pyrrole nitrogens is 1. The Hall–Kier alpha value is -1.92. The number of hydrogen-bond acceptors (Lipinski definition) is 4. The van der Waals surface area contributed by atoms with Crippen LogP contribution in [-0.4, -0.2) is 15.1 Å². The van der Waals surface area contributed by atoms with Gasteiger partial charge in [-0.05, 0) is 39.9 Å². The van der Waals surface area contributed by atoms with Crippen LogP contribution in [0.2, 0.25) is 0 Å². The van der Waals surface area contributed by atoms with E-state index < -0.39 is 0 Å². The first kappa shape index (κ1) is 14.0. The van der Waals surface area contributed by atoms with Crippen molar-refractivity contribution in [2.45, 2.75) is 6.92 Å². The van der Waals surface area contributed by atoms with E-state index in [1.54, 1.807) is 12.1 Å². The first-order valence-corrected chi connectivity index (χ1v) is 7.87. The molecule has 0 radical (unpaired) electrons. The van der Waals surface area contributed by atoms with E-state index in [0.29, 0.717) is 11.4 Å². The van der Waals surface area contributed by atoms with Crippen LogP contribution in [0, 0.1) is 6.92 Å². The van der Waals surface area contributed by atoms with Gasteiger partial charge in [0.25, 0.3) is 5.56 Å². The van der Waals surface area contributed by atoms with Crippen LogP contribution >= 0.6 is 27.3 Å². The van der Waals surface area contributed by atoms with Gasteiger partial charge in [-0.25, -0.2) is 0 Å². The molecule has 0 aliphatic carbocycles. The maximum Gasteiger partial charge on any atom is 0.262 e. The number of nitrogens with zero attached hydrogens (tertiary/aromatic N) is 1. The Morgan fingerprint density at radius 2 is 1.95 bits per heavy atom. The summed E-state index contributed by atoms with van der Waals surface area (Å²) in [4.78, 5) is 19.9. The largest absolute Gasteiger partial charge is 0.493 e. The van der Waals surface area contributed by atoms with Crippen molar-refractivity contribution in [3.63, 3.8) is 0 Å². The van der Waals surface area contributed by atoms with Crippen molar-refractivity contribution in [3.8, 4) is 27.7 Å². The smallest absolute Gasteiger partial charge is 0.262 e. The number of rotatable bonds is 2. The molecule has 0 atom stereocenters. The Labute approximate surface area is 133 Å². The van der Waals surface area contributed by atoms with E-state index in [4.69, 9.17) is 0 Å². The zero-order valence-electron chi connectivity index (χ0n) is 11.1. The molecule has 21 heavy (non-hydrogen) atoms. The number of halogens is 1. The number of aromatic hydroxyl groups is 1. The van der Waals surface area contributed by atoms with Crippen LogP contribution in [0.5, 0.6) is 5.88 Å². The normalized spacial score (nSPS) is 10.8. The standard InChI is InChI=1S/C15H11BrN2O2S/c1-8-2-4-9(5-3-8)11-14(19)17-13(18-15(11)20)12-10(16)6-7-21-12/h2-7H,1H3,(H2,17,18,19,20). The molecule has 0 saturated heterocycles. The summed E-state index contributed by atoms with van der Waals surface area (Å²) in [5, 5.41) is 12.0. The molecule has 0 spiro atoms. The van der Waals surface area contributed by atoms with Crippen molar-refractivity contribution in [1.29, 1.82) is 0 Å². The van der Waals surface area contributed by atoms with Crippen LogP contribution in [0.25, 0.3) is 21.8 Å². The Bertz CT molecular complexity index is 853. The number of aromatic amines is 1. The van der Waals surface area contributed by atoms with Gasteiger partial charge in [0.15, 0.2) is 5.82 Å². The molecule has 0 bridgehead atoms. The summed E-state index contributed by atoms with van der Waals surface area (Å²) in [5.74, 6) is 0.0909. The fraction of sp³-hybridized carbons (Fsp3) is 0.0667. The van der Waals surface area contributed by atoms with E-state index >= 15 is 0 Å². The average Bonchev–Trinajstić information content (AvgIpc) is 2.86. The van der Waals surface area contributed by atoms with Gasteiger partial charge < -0.3 is 10.1 Å². The first-order valence-electron chi connectivity index (χ1n) is 6.20. The molecule has 2 N–H and O–H groups in total. The SMILES string of the molecule is Cc1ccc(-c2c(O)nc(-c3sccc3Br)[nH]c2=O)cc1. The highest BCUT2D eigenvalue weighted by Gasteiger charge is 2.15. The summed E-state index contributed by atoms with van der Waals surface area (Å²) >= 11 is 4.82. The van der Waals surface area contributed by atoms with Gasteiger partial charge >= 0.3 is 0 Å². The van der Waals surface area contributed by atoms with Crippen molar-refractivity contribution >= 4 is 27.3 Å². The van der Waals surface area contributed by atoms with E-state index in [1.165, 1.54) is 11.3 Å². The Kier molecular flexibility index (Phi) is 3.65. The van der Waals surface area contributed by atoms with Gasteiger partial charge in [-0.3, -0.25) is 4.79 Å². The predicted octanol–water partition coefficient (Wildman–Crippen LogP) is 3.94. The Morgan fingerprint density at radius 1 is 1.24 bits per heavy atom. The molecule has 6 heteroatoms. The first-order chi connectivity index (χ1) is 10.1. The Morgan fingerprint density at radius 3 is 2.52 bits per heavy atom. The van der Waals surface area contributed by atoms with Gasteiger partial charge in [0.2, 0.25) is 5.88 Å². The highest BCUT2D eigenvalue weighted by Crippen LogP contribution is 2.33. The summed E-state index contributed by atoms with van der Waals surface area (Å²) in [5.41, 5.74) is 1.55. The van der Waals surface area contributed by atoms with Crippen LogP contribution < -0.4 is 5.56 Å². The molecular formula is C15H11BrN2O2S. The van der Waals surface area contributed by atoms with Crippen molar-refractivity contribution < 1.29 is 5.11 Å². The van der Waals surface area contributed by atoms with Crippen LogP contribution in [0.3, 0.4) is 0 Å². The van der Waals surface area contributed by atoms with Crippen molar-refractivity contribution in [3.05, 3.63) is 56.1 Å². The molecule has 0 saturated carbocycles. The van der Waals surface area contributed by atoms with E-state index in [9.17, 15) is 9.90 Å². The Balaban J connectivity index is 2.15. The maximum atomic E-state index is 12.3. The second-order valence-corrected chi connectivity index (χ2v) is 6.35. The van der Waals surface area contributed by atoms with E-state index in [1.807, 2.05) is 30.5 Å². The van der Waals surface area contributed by atoms with Gasteiger partial charge in [-0.1, -0.05) is 29.8 Å². The maximum absolute atomic E-state index is 12.3. The third-order valence-corrected chi connectivity index (χ3v) is 4.92. The molecule has 0 aliphatic heterocycles. The molecule has 2 heterocycles. The summed E-state index contributed by atoms with van der Waals surface area (Å²) < 4.78 is 0.832. The molecule has 0 amide bonds. The van der Waals surface area contributed by atoms with Crippen LogP contribution in [0.1, 0.15) is 5.56 Å². The van der Waals surface area contributed by atoms with Gasteiger partial charge in [-0.2, -0.15) is 4.98 Å². The van der Waals surface area contributed by atoms with Gasteiger partial charge in [0.1, 0.15) is 5.56 Å². The second kappa shape index (κ2) is 5.46. The number of benzene rings is 1. The second-order valence-electron chi connectivity index (χ2n) is 4.58. The van der Waals surface area contributed by atoms with Crippen molar-refractivity contribution in [2.75, 3.05) is 0 Å². The topological polar surface area (TPSA) is 66.0 Å². The number of nitrogens with one attached hydrogen (secondary N) is 1. The molecular weight excluding hydrogens is 352 g/mol. The lowest BCUT2D eigenvalue weighted by atomic mass is 10.1. The summed E-state index contributed by atoms with van der Waals surface area (Å²) in [6.45, 7) is 1.96. The molecule has 3 rings (SSSR count).